The van der Waals surface area contributed by atoms with Crippen molar-refractivity contribution >= 4 is 17.6 Å². The van der Waals surface area contributed by atoms with Crippen LogP contribution in [0.15, 0.2) is 24.7 Å². The lowest BCUT2D eigenvalue weighted by Gasteiger charge is -2.00. The molecule has 2 N–H and O–H groups in total. The molecule has 5 nitrogen and oxygen atoms in total. The number of pyridine rings is 1. The second-order valence-corrected chi connectivity index (χ2v) is 3.26. The van der Waals surface area contributed by atoms with Gasteiger partial charge in [0.25, 0.3) is 0 Å². The molecule has 0 spiro atoms. The third kappa shape index (κ3) is 1.97. The van der Waals surface area contributed by atoms with Gasteiger partial charge in [0.05, 0.1) is 23.9 Å². The van der Waals surface area contributed by atoms with Crippen molar-refractivity contribution in [2.24, 2.45) is 0 Å². The van der Waals surface area contributed by atoms with Crippen LogP contribution in [0.2, 0.25) is 5.02 Å². The summed E-state index contributed by atoms with van der Waals surface area (Å²) in [5.41, 5.74) is 0.990. The van der Waals surface area contributed by atoms with Crippen LogP contribution >= 0.6 is 11.6 Å². The number of carboxylic acids is 1. The van der Waals surface area contributed by atoms with Crippen molar-refractivity contribution in [2.45, 2.75) is 0 Å². The summed E-state index contributed by atoms with van der Waals surface area (Å²) in [6.07, 6.45) is 3.03. The van der Waals surface area contributed by atoms with Gasteiger partial charge in [0, 0.05) is 5.02 Å². The highest BCUT2D eigenvalue weighted by Crippen LogP contribution is 2.19. The Hall–Kier alpha value is -1.88. The van der Waals surface area contributed by atoms with E-state index in [1.807, 2.05) is 0 Å². The van der Waals surface area contributed by atoms with Crippen molar-refractivity contribution in [1.29, 1.82) is 0 Å². The Morgan fingerprint density at radius 3 is 2.87 bits per heavy atom. The third-order valence-corrected chi connectivity index (χ3v) is 2.00. The molecule has 0 saturated heterocycles. The van der Waals surface area contributed by atoms with Crippen LogP contribution < -0.4 is 0 Å². The minimum atomic E-state index is -1.11. The van der Waals surface area contributed by atoms with E-state index in [2.05, 4.69) is 15.0 Å². The molecule has 0 amide bonds. The third-order valence-electron chi connectivity index (χ3n) is 1.78. The van der Waals surface area contributed by atoms with E-state index >= 15 is 0 Å². The minimum Gasteiger partial charge on any atom is -0.477 e. The lowest BCUT2D eigenvalue weighted by molar-refractivity contribution is 0.0690. The van der Waals surface area contributed by atoms with Crippen molar-refractivity contribution in [3.8, 4) is 11.4 Å². The molecule has 6 heteroatoms. The number of hydrogen-bond acceptors (Lipinski definition) is 3. The number of nitrogens with zero attached hydrogens (tertiary/aromatic N) is 2. The molecule has 0 fully saturated rings. The van der Waals surface area contributed by atoms with Gasteiger partial charge in [0.15, 0.2) is 0 Å². The maximum atomic E-state index is 10.7. The normalized spacial score (nSPS) is 10.2. The van der Waals surface area contributed by atoms with E-state index < -0.39 is 5.97 Å². The largest absolute Gasteiger partial charge is 0.477 e. The summed E-state index contributed by atoms with van der Waals surface area (Å²) >= 11 is 5.77. The molecule has 0 aliphatic rings. The van der Waals surface area contributed by atoms with Crippen LogP contribution in [0.4, 0.5) is 0 Å². The van der Waals surface area contributed by atoms with E-state index in [0.717, 1.165) is 0 Å². The SMILES string of the molecule is O=C(O)c1cc(Cl)cc(-c2cnc[nH]2)n1. The molecular formula is C9H6ClN3O2. The Balaban J connectivity index is 2.54. The average molecular weight is 224 g/mol. The van der Waals surface area contributed by atoms with Crippen LogP contribution in [0.5, 0.6) is 0 Å². The molecule has 0 aliphatic heterocycles. The molecule has 0 bridgehead atoms. The molecule has 2 aromatic heterocycles. The van der Waals surface area contributed by atoms with Crippen LogP contribution in [-0.4, -0.2) is 26.0 Å². The fourth-order valence-electron chi connectivity index (χ4n) is 1.14. The molecule has 2 aromatic rings. The number of imidazole rings is 1. The number of aromatic carboxylic acids is 1. The van der Waals surface area contributed by atoms with Crippen LogP contribution in [-0.2, 0) is 0 Å². The molecule has 2 heterocycles. The van der Waals surface area contributed by atoms with Crippen molar-refractivity contribution in [2.75, 3.05) is 0 Å². The lowest BCUT2D eigenvalue weighted by Crippen LogP contribution is -2.01. The molecular weight excluding hydrogens is 218 g/mol. The van der Waals surface area contributed by atoms with E-state index in [1.54, 1.807) is 12.3 Å². The number of hydrogen-bond donors (Lipinski definition) is 2. The Bertz CT molecular complexity index is 496. The number of halogens is 1. The van der Waals surface area contributed by atoms with Crippen molar-refractivity contribution in [1.82, 2.24) is 15.0 Å². The predicted octanol–water partition coefficient (Wildman–Crippen LogP) is 1.82. The van der Waals surface area contributed by atoms with E-state index in [9.17, 15) is 4.79 Å². The summed E-state index contributed by atoms with van der Waals surface area (Å²) in [5, 5.41) is 9.11. The average Bonchev–Trinajstić information content (AvgIpc) is 2.69. The first-order valence-corrected chi connectivity index (χ1v) is 4.44. The Morgan fingerprint density at radius 2 is 2.27 bits per heavy atom. The fourth-order valence-corrected chi connectivity index (χ4v) is 1.35. The molecule has 76 valence electrons. The van der Waals surface area contributed by atoms with Crippen LogP contribution in [0, 0.1) is 0 Å². The summed E-state index contributed by atoms with van der Waals surface area (Å²) in [6.45, 7) is 0. The first-order chi connectivity index (χ1) is 7.16. The zero-order valence-corrected chi connectivity index (χ0v) is 8.19. The maximum Gasteiger partial charge on any atom is 0.354 e. The van der Waals surface area contributed by atoms with Crippen LogP contribution in [0.25, 0.3) is 11.4 Å². The van der Waals surface area contributed by atoms with E-state index in [0.29, 0.717) is 16.4 Å². The molecule has 0 saturated carbocycles. The standard InChI is InChI=1S/C9H6ClN3O2/c10-5-1-6(8-3-11-4-12-8)13-7(2-5)9(14)15/h1-4H,(H,11,12)(H,14,15). The van der Waals surface area contributed by atoms with Crippen molar-refractivity contribution in [3.05, 3.63) is 35.4 Å². The molecule has 0 atom stereocenters. The Morgan fingerprint density at radius 1 is 1.47 bits per heavy atom. The van der Waals surface area contributed by atoms with Crippen molar-refractivity contribution < 1.29 is 9.90 Å². The fraction of sp³-hybridized carbons (Fsp3) is 0. The second kappa shape index (κ2) is 3.70. The van der Waals surface area contributed by atoms with Gasteiger partial charge in [-0.25, -0.2) is 14.8 Å². The summed E-state index contributed by atoms with van der Waals surface area (Å²) in [6, 6.07) is 2.87. The summed E-state index contributed by atoms with van der Waals surface area (Å²) in [5.74, 6) is -1.11. The van der Waals surface area contributed by atoms with E-state index in [4.69, 9.17) is 16.7 Å². The van der Waals surface area contributed by atoms with E-state index in [1.165, 1.54) is 12.4 Å². The Kier molecular flexibility index (Phi) is 2.39. The van der Waals surface area contributed by atoms with Gasteiger partial charge in [0.2, 0.25) is 0 Å². The highest BCUT2D eigenvalue weighted by Gasteiger charge is 2.09. The first kappa shape index (κ1) is 9.67. The number of rotatable bonds is 2. The smallest absolute Gasteiger partial charge is 0.354 e. The van der Waals surface area contributed by atoms with Gasteiger partial charge in [-0.05, 0) is 12.1 Å². The van der Waals surface area contributed by atoms with Gasteiger partial charge in [-0.3, -0.25) is 0 Å². The molecule has 0 radical (unpaired) electrons. The zero-order valence-electron chi connectivity index (χ0n) is 7.44. The zero-order chi connectivity index (χ0) is 10.8. The molecule has 15 heavy (non-hydrogen) atoms. The second-order valence-electron chi connectivity index (χ2n) is 2.83. The maximum absolute atomic E-state index is 10.7. The molecule has 0 aliphatic carbocycles. The number of carboxylic acid groups (broad SMARTS) is 1. The summed E-state index contributed by atoms with van der Waals surface area (Å²) in [4.78, 5) is 21.3. The van der Waals surface area contributed by atoms with Gasteiger partial charge in [-0.1, -0.05) is 11.6 Å². The summed E-state index contributed by atoms with van der Waals surface area (Å²) in [7, 11) is 0. The number of aromatic nitrogens is 3. The number of carbonyl (C=O) groups is 1. The van der Waals surface area contributed by atoms with Gasteiger partial charge >= 0.3 is 5.97 Å². The topological polar surface area (TPSA) is 78.9 Å². The van der Waals surface area contributed by atoms with Gasteiger partial charge in [-0.15, -0.1) is 0 Å². The van der Waals surface area contributed by atoms with E-state index in [-0.39, 0.29) is 5.69 Å². The molecule has 0 unspecified atom stereocenters. The highest BCUT2D eigenvalue weighted by atomic mass is 35.5. The molecule has 2 rings (SSSR count). The number of nitrogens with one attached hydrogen (secondary N) is 1. The number of aromatic amines is 1. The van der Waals surface area contributed by atoms with Gasteiger partial charge in [0.1, 0.15) is 5.69 Å². The van der Waals surface area contributed by atoms with Crippen LogP contribution in [0.1, 0.15) is 10.5 Å². The highest BCUT2D eigenvalue weighted by molar-refractivity contribution is 6.31. The predicted molar refractivity (Wildman–Crippen MR) is 53.8 cm³/mol. The lowest BCUT2D eigenvalue weighted by atomic mass is 10.2. The monoisotopic (exact) mass is 223 g/mol. The van der Waals surface area contributed by atoms with Gasteiger partial charge < -0.3 is 10.1 Å². The van der Waals surface area contributed by atoms with Crippen LogP contribution in [0.3, 0.4) is 0 Å². The quantitative estimate of drug-likeness (QED) is 0.814. The summed E-state index contributed by atoms with van der Waals surface area (Å²) < 4.78 is 0. The van der Waals surface area contributed by atoms with Crippen molar-refractivity contribution in [3.63, 3.8) is 0 Å². The molecule has 0 aromatic carbocycles. The first-order valence-electron chi connectivity index (χ1n) is 4.06. The Labute approximate surface area is 89.8 Å². The number of H-pyrrole nitrogens is 1. The van der Waals surface area contributed by atoms with Gasteiger partial charge in [-0.2, -0.15) is 0 Å². The minimum absolute atomic E-state index is 0.0906.